The van der Waals surface area contributed by atoms with E-state index in [-0.39, 0.29) is 5.57 Å². The van der Waals surface area contributed by atoms with Crippen LogP contribution in [0.1, 0.15) is 5.69 Å². The maximum absolute atomic E-state index is 12.3. The van der Waals surface area contributed by atoms with Crippen molar-refractivity contribution in [2.24, 2.45) is 0 Å². The number of hydrogen-bond donors (Lipinski definition) is 1. The van der Waals surface area contributed by atoms with E-state index in [0.29, 0.717) is 17.1 Å². The number of nitrogens with zero attached hydrogens (tertiary/aromatic N) is 2. The van der Waals surface area contributed by atoms with E-state index in [1.165, 1.54) is 17.4 Å². The lowest BCUT2D eigenvalue weighted by molar-refractivity contribution is -0.112. The second kappa shape index (κ2) is 7.75. The predicted octanol–water partition coefficient (Wildman–Crippen LogP) is 4.43. The number of amides is 1. The molecule has 3 aromatic rings. The molecule has 0 saturated heterocycles. The number of benzene rings is 1. The van der Waals surface area contributed by atoms with Crippen LogP contribution in [0.15, 0.2) is 52.0 Å². The molecule has 1 N–H and O–H groups in total. The van der Waals surface area contributed by atoms with Gasteiger partial charge < -0.3 is 10.1 Å². The minimum atomic E-state index is -0.474. The van der Waals surface area contributed by atoms with Crippen molar-refractivity contribution in [2.75, 3.05) is 12.4 Å². The summed E-state index contributed by atoms with van der Waals surface area (Å²) in [7, 11) is 1.57. The third-order valence-electron chi connectivity index (χ3n) is 3.30. The summed E-state index contributed by atoms with van der Waals surface area (Å²) in [6.07, 6.45) is 1.49. The highest BCUT2D eigenvalue weighted by molar-refractivity contribution is 7.14. The summed E-state index contributed by atoms with van der Waals surface area (Å²) < 4.78 is 5.07. The van der Waals surface area contributed by atoms with Crippen LogP contribution in [-0.2, 0) is 4.79 Å². The molecular formula is C18H13N3O2S2. The number of thiazole rings is 1. The lowest BCUT2D eigenvalue weighted by Gasteiger charge is -2.05. The summed E-state index contributed by atoms with van der Waals surface area (Å²) in [5, 5.41) is 18.7. The van der Waals surface area contributed by atoms with Gasteiger partial charge in [0.15, 0.2) is 0 Å². The van der Waals surface area contributed by atoms with Crippen LogP contribution in [0, 0.1) is 11.3 Å². The van der Waals surface area contributed by atoms with Gasteiger partial charge in [-0.3, -0.25) is 4.79 Å². The van der Waals surface area contributed by atoms with Crippen LogP contribution in [0.2, 0.25) is 0 Å². The van der Waals surface area contributed by atoms with E-state index >= 15 is 0 Å². The average molecular weight is 367 g/mol. The topological polar surface area (TPSA) is 75.0 Å². The van der Waals surface area contributed by atoms with Gasteiger partial charge in [0, 0.05) is 22.0 Å². The summed E-state index contributed by atoms with van der Waals surface area (Å²) in [5.74, 6) is 0.218. The summed E-state index contributed by atoms with van der Waals surface area (Å²) in [6, 6.07) is 10.8. The quantitative estimate of drug-likeness (QED) is 0.535. The highest BCUT2D eigenvalue weighted by Gasteiger charge is 2.11. The number of thiophene rings is 1. The Morgan fingerprint density at radius 1 is 1.28 bits per heavy atom. The molecule has 0 aliphatic carbocycles. The minimum absolute atomic E-state index is 0.00186. The Kier molecular flexibility index (Phi) is 5.23. The van der Waals surface area contributed by atoms with E-state index in [9.17, 15) is 10.1 Å². The van der Waals surface area contributed by atoms with Crippen molar-refractivity contribution in [1.82, 2.24) is 4.98 Å². The first-order valence-electron chi connectivity index (χ1n) is 7.25. The Balaban J connectivity index is 1.75. The maximum atomic E-state index is 12.3. The number of rotatable bonds is 5. The molecule has 0 bridgehead atoms. The third kappa shape index (κ3) is 4.12. The van der Waals surface area contributed by atoms with E-state index in [2.05, 4.69) is 10.3 Å². The molecule has 7 heteroatoms. The van der Waals surface area contributed by atoms with Crippen molar-refractivity contribution < 1.29 is 9.53 Å². The van der Waals surface area contributed by atoms with Crippen LogP contribution in [0.4, 0.5) is 5.69 Å². The molecule has 0 unspecified atom stereocenters. The van der Waals surface area contributed by atoms with Gasteiger partial charge in [0.2, 0.25) is 0 Å². The molecule has 25 heavy (non-hydrogen) atoms. The highest BCUT2D eigenvalue weighted by Crippen LogP contribution is 2.26. The van der Waals surface area contributed by atoms with Crippen molar-refractivity contribution in [2.45, 2.75) is 0 Å². The van der Waals surface area contributed by atoms with Crippen molar-refractivity contribution in [3.8, 4) is 22.4 Å². The molecule has 0 aliphatic heterocycles. The van der Waals surface area contributed by atoms with Crippen LogP contribution in [-0.4, -0.2) is 18.0 Å². The monoisotopic (exact) mass is 367 g/mol. The fourth-order valence-corrected chi connectivity index (χ4v) is 3.53. The number of nitrogens with one attached hydrogen (secondary N) is 1. The standard InChI is InChI=1S/C18H13N3O2S2/c1-23-16-4-2-14(3-5-16)20-17(22)13(9-19)8-15-11-25-18(21-15)12-6-7-24-10-12/h2-8,10-11H,1H3,(H,20,22)/b13-8-. The van der Waals surface area contributed by atoms with E-state index in [0.717, 1.165) is 10.6 Å². The number of carbonyl (C=O) groups excluding carboxylic acids is 1. The number of hydrogen-bond acceptors (Lipinski definition) is 6. The zero-order valence-electron chi connectivity index (χ0n) is 13.2. The molecule has 2 aromatic heterocycles. The fraction of sp³-hybridized carbons (Fsp3) is 0.0556. The normalized spacial score (nSPS) is 11.0. The molecule has 0 fully saturated rings. The first kappa shape index (κ1) is 16.9. The molecule has 5 nitrogen and oxygen atoms in total. The molecule has 0 atom stereocenters. The predicted molar refractivity (Wildman–Crippen MR) is 101 cm³/mol. The van der Waals surface area contributed by atoms with Gasteiger partial charge in [0.05, 0.1) is 12.8 Å². The van der Waals surface area contributed by atoms with Gasteiger partial charge in [-0.25, -0.2) is 4.98 Å². The Bertz CT molecular complexity index is 936. The van der Waals surface area contributed by atoms with Crippen molar-refractivity contribution >= 4 is 40.3 Å². The van der Waals surface area contributed by atoms with Gasteiger partial charge >= 0.3 is 0 Å². The van der Waals surface area contributed by atoms with Crippen LogP contribution in [0.5, 0.6) is 5.75 Å². The van der Waals surface area contributed by atoms with Crippen molar-refractivity contribution in [3.05, 3.63) is 57.7 Å². The van der Waals surface area contributed by atoms with Gasteiger partial charge in [0.25, 0.3) is 5.91 Å². The number of ether oxygens (including phenoxy) is 1. The molecule has 3 rings (SSSR count). The highest BCUT2D eigenvalue weighted by atomic mass is 32.1. The summed E-state index contributed by atoms with van der Waals surface area (Å²) in [5.41, 5.74) is 2.21. The fourth-order valence-electron chi connectivity index (χ4n) is 2.04. The van der Waals surface area contributed by atoms with Gasteiger partial charge in [-0.05, 0) is 41.8 Å². The third-order valence-corrected chi connectivity index (χ3v) is 4.89. The van der Waals surface area contributed by atoms with Crippen LogP contribution >= 0.6 is 22.7 Å². The second-order valence-corrected chi connectivity index (χ2v) is 6.58. The zero-order valence-corrected chi connectivity index (χ0v) is 14.9. The molecule has 0 saturated carbocycles. The van der Waals surface area contributed by atoms with Gasteiger partial charge in [0.1, 0.15) is 22.4 Å². The van der Waals surface area contributed by atoms with E-state index < -0.39 is 5.91 Å². The number of anilines is 1. The summed E-state index contributed by atoms with van der Waals surface area (Å²) in [6.45, 7) is 0. The van der Waals surface area contributed by atoms with E-state index in [1.807, 2.05) is 28.3 Å². The van der Waals surface area contributed by atoms with Crippen molar-refractivity contribution in [1.29, 1.82) is 5.26 Å². The van der Waals surface area contributed by atoms with Crippen LogP contribution < -0.4 is 10.1 Å². The smallest absolute Gasteiger partial charge is 0.266 e. The SMILES string of the molecule is COc1ccc(NC(=O)/C(C#N)=C\c2csc(-c3ccsc3)n2)cc1. The number of aromatic nitrogens is 1. The Hall–Kier alpha value is -2.95. The molecule has 0 spiro atoms. The Morgan fingerprint density at radius 3 is 2.72 bits per heavy atom. The van der Waals surface area contributed by atoms with Crippen molar-refractivity contribution in [3.63, 3.8) is 0 Å². The van der Waals surface area contributed by atoms with E-state index in [4.69, 9.17) is 4.74 Å². The first-order chi connectivity index (χ1) is 12.2. The largest absolute Gasteiger partial charge is 0.497 e. The molecule has 124 valence electrons. The lowest BCUT2D eigenvalue weighted by atomic mass is 10.2. The molecule has 1 amide bonds. The Morgan fingerprint density at radius 2 is 2.08 bits per heavy atom. The van der Waals surface area contributed by atoms with E-state index in [1.54, 1.807) is 42.7 Å². The zero-order chi connectivity index (χ0) is 17.6. The first-order valence-corrected chi connectivity index (χ1v) is 9.07. The number of methoxy groups -OCH3 is 1. The molecular weight excluding hydrogens is 354 g/mol. The summed E-state index contributed by atoms with van der Waals surface area (Å²) >= 11 is 3.07. The molecule has 2 heterocycles. The maximum Gasteiger partial charge on any atom is 0.266 e. The molecule has 1 aromatic carbocycles. The van der Waals surface area contributed by atoms with Gasteiger partial charge in [-0.1, -0.05) is 0 Å². The Labute approximate surface area is 152 Å². The van der Waals surface area contributed by atoms with Crippen LogP contribution in [0.3, 0.4) is 0 Å². The number of nitriles is 1. The van der Waals surface area contributed by atoms with Crippen LogP contribution in [0.25, 0.3) is 16.6 Å². The average Bonchev–Trinajstić information content (AvgIpc) is 3.31. The second-order valence-electron chi connectivity index (χ2n) is 4.94. The van der Waals surface area contributed by atoms with Gasteiger partial charge in [-0.2, -0.15) is 16.6 Å². The lowest BCUT2D eigenvalue weighted by Crippen LogP contribution is -2.13. The molecule has 0 aliphatic rings. The number of carbonyl (C=O) groups is 1. The minimum Gasteiger partial charge on any atom is -0.497 e. The molecule has 0 radical (unpaired) electrons. The van der Waals surface area contributed by atoms with Gasteiger partial charge in [-0.15, -0.1) is 11.3 Å². The summed E-state index contributed by atoms with van der Waals surface area (Å²) in [4.78, 5) is 16.7.